The van der Waals surface area contributed by atoms with Crippen molar-refractivity contribution in [1.82, 2.24) is 25.4 Å². The Balaban J connectivity index is 1.21. The van der Waals surface area contributed by atoms with Crippen molar-refractivity contribution in [3.63, 3.8) is 0 Å². The average molecular weight is 546 g/mol. The number of likely N-dealkylation sites (tertiary alicyclic amines) is 2. The van der Waals surface area contributed by atoms with Crippen LogP contribution in [0.1, 0.15) is 50.2 Å². The minimum absolute atomic E-state index is 0.105. The zero-order chi connectivity index (χ0) is 27.7. The molecule has 40 heavy (non-hydrogen) atoms. The third-order valence-corrected chi connectivity index (χ3v) is 8.31. The Hall–Kier alpha value is -3.36. The molecule has 1 unspecified atom stereocenters. The zero-order valence-corrected chi connectivity index (χ0v) is 23.7. The van der Waals surface area contributed by atoms with Crippen molar-refractivity contribution in [2.24, 2.45) is 0 Å². The van der Waals surface area contributed by atoms with Crippen LogP contribution in [0.3, 0.4) is 0 Å². The second kappa shape index (κ2) is 13.8. The van der Waals surface area contributed by atoms with Gasteiger partial charge in [-0.3, -0.25) is 14.5 Å². The number of fused-ring (bicyclic) bond motifs is 1. The molecule has 8 nitrogen and oxygen atoms in total. The van der Waals surface area contributed by atoms with Gasteiger partial charge in [-0.1, -0.05) is 42.8 Å². The molecule has 3 heterocycles. The number of aromatic nitrogens is 1. The van der Waals surface area contributed by atoms with Crippen molar-refractivity contribution in [1.29, 1.82) is 0 Å². The van der Waals surface area contributed by atoms with E-state index in [1.807, 2.05) is 61.7 Å². The maximum Gasteiger partial charge on any atom is 0.243 e. The molecule has 2 aliphatic heterocycles. The SMILES string of the molecule is CCOc1ccccc1CNC(=O)C(Cc1c[nH]c2ccccc12)NC(=O)CN1CCC(N2CCCCC2)CC1. The van der Waals surface area contributed by atoms with Crippen LogP contribution >= 0.6 is 0 Å². The van der Waals surface area contributed by atoms with E-state index in [2.05, 4.69) is 25.4 Å². The molecule has 5 rings (SSSR count). The fourth-order valence-corrected chi connectivity index (χ4v) is 6.15. The molecule has 214 valence electrons. The van der Waals surface area contributed by atoms with Crippen LogP contribution in [0.2, 0.25) is 0 Å². The molecule has 2 fully saturated rings. The van der Waals surface area contributed by atoms with Crippen molar-refractivity contribution in [2.75, 3.05) is 39.3 Å². The Morgan fingerprint density at radius 2 is 1.73 bits per heavy atom. The number of nitrogens with one attached hydrogen (secondary N) is 3. The maximum atomic E-state index is 13.5. The summed E-state index contributed by atoms with van der Waals surface area (Å²) in [6, 6.07) is 15.7. The van der Waals surface area contributed by atoms with E-state index in [1.165, 1.54) is 32.4 Å². The van der Waals surface area contributed by atoms with Gasteiger partial charge < -0.3 is 25.3 Å². The predicted molar refractivity (Wildman–Crippen MR) is 158 cm³/mol. The lowest BCUT2D eigenvalue weighted by Crippen LogP contribution is -2.52. The smallest absolute Gasteiger partial charge is 0.243 e. The summed E-state index contributed by atoms with van der Waals surface area (Å²) >= 11 is 0. The molecule has 0 spiro atoms. The quantitative estimate of drug-likeness (QED) is 0.341. The first-order valence-corrected chi connectivity index (χ1v) is 14.9. The van der Waals surface area contributed by atoms with E-state index >= 15 is 0 Å². The third-order valence-electron chi connectivity index (χ3n) is 8.31. The molecule has 2 aliphatic rings. The zero-order valence-electron chi connectivity index (χ0n) is 23.7. The molecule has 8 heteroatoms. The molecule has 2 amide bonds. The van der Waals surface area contributed by atoms with Gasteiger partial charge in [0.05, 0.1) is 13.2 Å². The molecule has 3 aromatic rings. The van der Waals surface area contributed by atoms with Crippen LogP contribution in [0.4, 0.5) is 0 Å². The standard InChI is InChI=1S/C32H43N5O3/c1-2-40-30-13-7-4-10-24(30)21-34-32(39)29(20-25-22-33-28-12-6-5-11-27(25)28)35-31(38)23-36-18-14-26(15-19-36)37-16-8-3-9-17-37/h4-7,10-13,22,26,29,33H,2-3,8-9,14-21,23H2,1H3,(H,34,39)(H,35,38). The largest absolute Gasteiger partial charge is 0.494 e. The number of benzene rings is 2. The lowest BCUT2D eigenvalue weighted by Gasteiger charge is -2.40. The molecule has 2 saturated heterocycles. The van der Waals surface area contributed by atoms with Gasteiger partial charge in [-0.05, 0) is 63.4 Å². The number of amides is 2. The van der Waals surface area contributed by atoms with Gasteiger partial charge in [0, 0.05) is 54.8 Å². The van der Waals surface area contributed by atoms with E-state index in [4.69, 9.17) is 4.74 Å². The lowest BCUT2D eigenvalue weighted by atomic mass is 10.00. The number of piperidine rings is 2. The number of H-pyrrole nitrogens is 1. The van der Waals surface area contributed by atoms with Crippen molar-refractivity contribution in [2.45, 2.75) is 64.1 Å². The second-order valence-corrected chi connectivity index (χ2v) is 11.0. The number of rotatable bonds is 11. The monoisotopic (exact) mass is 545 g/mol. The maximum absolute atomic E-state index is 13.5. The predicted octanol–water partition coefficient (Wildman–Crippen LogP) is 3.86. The van der Waals surface area contributed by atoms with Crippen LogP contribution in [0, 0.1) is 0 Å². The Morgan fingerprint density at radius 1 is 0.975 bits per heavy atom. The van der Waals surface area contributed by atoms with Crippen molar-refractivity contribution in [3.05, 3.63) is 65.9 Å². The Morgan fingerprint density at radius 3 is 2.52 bits per heavy atom. The van der Waals surface area contributed by atoms with Crippen LogP contribution in [-0.2, 0) is 22.6 Å². The second-order valence-electron chi connectivity index (χ2n) is 11.0. The summed E-state index contributed by atoms with van der Waals surface area (Å²) in [5.74, 6) is 0.454. The van der Waals surface area contributed by atoms with E-state index in [-0.39, 0.29) is 11.8 Å². The highest BCUT2D eigenvalue weighted by molar-refractivity contribution is 5.90. The summed E-state index contributed by atoms with van der Waals surface area (Å²) in [6.45, 7) is 7.41. The number of carbonyl (C=O) groups excluding carboxylic acids is 2. The fourth-order valence-electron chi connectivity index (χ4n) is 6.15. The number of aromatic amines is 1. The molecular weight excluding hydrogens is 502 g/mol. The van der Waals surface area contributed by atoms with Crippen LogP contribution < -0.4 is 15.4 Å². The number of ether oxygens (including phenoxy) is 1. The van der Waals surface area contributed by atoms with Gasteiger partial charge in [-0.15, -0.1) is 0 Å². The highest BCUT2D eigenvalue weighted by atomic mass is 16.5. The average Bonchev–Trinajstić information content (AvgIpc) is 3.40. The summed E-state index contributed by atoms with van der Waals surface area (Å²) in [6.07, 6.45) is 8.51. The van der Waals surface area contributed by atoms with Gasteiger partial charge in [0.1, 0.15) is 11.8 Å². The minimum atomic E-state index is -0.683. The molecule has 2 aromatic carbocycles. The topological polar surface area (TPSA) is 89.7 Å². The third kappa shape index (κ3) is 7.23. The Bertz CT molecular complexity index is 1260. The molecule has 0 radical (unpaired) electrons. The molecule has 0 aliphatic carbocycles. The molecule has 0 saturated carbocycles. The van der Waals surface area contributed by atoms with E-state index in [1.54, 1.807) is 0 Å². The lowest BCUT2D eigenvalue weighted by molar-refractivity contribution is -0.129. The minimum Gasteiger partial charge on any atom is -0.494 e. The normalized spacial score (nSPS) is 17.9. The molecule has 1 atom stereocenters. The Kier molecular flexibility index (Phi) is 9.73. The summed E-state index contributed by atoms with van der Waals surface area (Å²) in [5, 5.41) is 7.18. The van der Waals surface area contributed by atoms with E-state index in [0.29, 0.717) is 32.2 Å². The number of hydrogen-bond donors (Lipinski definition) is 3. The van der Waals surface area contributed by atoms with Gasteiger partial charge in [-0.25, -0.2) is 0 Å². The van der Waals surface area contributed by atoms with Gasteiger partial charge in [-0.2, -0.15) is 0 Å². The number of nitrogens with zero attached hydrogens (tertiary/aromatic N) is 2. The van der Waals surface area contributed by atoms with Crippen LogP contribution in [0.15, 0.2) is 54.7 Å². The number of hydrogen-bond acceptors (Lipinski definition) is 5. The molecule has 1 aromatic heterocycles. The number of para-hydroxylation sites is 2. The van der Waals surface area contributed by atoms with E-state index in [9.17, 15) is 9.59 Å². The highest BCUT2D eigenvalue weighted by Gasteiger charge is 2.28. The van der Waals surface area contributed by atoms with Crippen LogP contribution in [-0.4, -0.2) is 78.0 Å². The van der Waals surface area contributed by atoms with E-state index < -0.39 is 6.04 Å². The summed E-state index contributed by atoms with van der Waals surface area (Å²) in [4.78, 5) is 34.9. The van der Waals surface area contributed by atoms with Crippen molar-refractivity contribution in [3.8, 4) is 5.75 Å². The van der Waals surface area contributed by atoms with Crippen LogP contribution in [0.25, 0.3) is 10.9 Å². The van der Waals surface area contributed by atoms with Gasteiger partial charge >= 0.3 is 0 Å². The van der Waals surface area contributed by atoms with E-state index in [0.717, 1.165) is 53.7 Å². The first-order valence-electron chi connectivity index (χ1n) is 14.9. The van der Waals surface area contributed by atoms with Crippen molar-refractivity contribution >= 4 is 22.7 Å². The molecule has 3 N–H and O–H groups in total. The van der Waals surface area contributed by atoms with Gasteiger partial charge in [0.2, 0.25) is 11.8 Å². The highest BCUT2D eigenvalue weighted by Crippen LogP contribution is 2.22. The summed E-state index contributed by atoms with van der Waals surface area (Å²) in [5.41, 5.74) is 2.93. The summed E-state index contributed by atoms with van der Waals surface area (Å²) < 4.78 is 5.72. The number of carbonyl (C=O) groups is 2. The molecule has 0 bridgehead atoms. The first-order chi connectivity index (χ1) is 19.6. The molecular formula is C32H43N5O3. The van der Waals surface area contributed by atoms with Crippen LogP contribution in [0.5, 0.6) is 5.75 Å². The van der Waals surface area contributed by atoms with Crippen molar-refractivity contribution < 1.29 is 14.3 Å². The van der Waals surface area contributed by atoms with Gasteiger partial charge in [0.25, 0.3) is 0 Å². The Labute approximate surface area is 237 Å². The first kappa shape index (κ1) is 28.2. The fraction of sp³-hybridized carbons (Fsp3) is 0.500. The summed E-state index contributed by atoms with van der Waals surface area (Å²) in [7, 11) is 0. The van der Waals surface area contributed by atoms with Gasteiger partial charge in [0.15, 0.2) is 0 Å².